The number of benzene rings is 5. The minimum absolute atomic E-state index is 0.0752. The SMILES string of the molecule is Cc1ccc(-c2ccc(-c3nc(-c4ccc(CN(CC(=O)O)C(=O)c5ccc(NC(=O)Cc6ccccc6)cc5)cc4)no3)cc2)cc1. The number of carbonyl (C=O) groups excluding carboxylic acids is 2. The van der Waals surface area contributed by atoms with Crippen molar-refractivity contribution in [1.29, 1.82) is 0 Å². The Morgan fingerprint density at radius 1 is 0.708 bits per heavy atom. The number of rotatable bonds is 11. The third-order valence-corrected chi connectivity index (χ3v) is 7.76. The summed E-state index contributed by atoms with van der Waals surface area (Å²) < 4.78 is 5.54. The van der Waals surface area contributed by atoms with E-state index in [9.17, 15) is 19.5 Å². The van der Waals surface area contributed by atoms with E-state index >= 15 is 0 Å². The fourth-order valence-corrected chi connectivity index (χ4v) is 5.22. The Balaban J connectivity index is 1.09. The van der Waals surface area contributed by atoms with Crippen LogP contribution in [0.1, 0.15) is 27.0 Å². The van der Waals surface area contributed by atoms with Gasteiger partial charge in [-0.05, 0) is 65.6 Å². The monoisotopic (exact) mass is 636 g/mol. The predicted octanol–water partition coefficient (Wildman–Crippen LogP) is 7.29. The van der Waals surface area contributed by atoms with Gasteiger partial charge in [0.25, 0.3) is 11.8 Å². The molecule has 1 heterocycles. The second kappa shape index (κ2) is 14.4. The number of nitrogens with one attached hydrogen (secondary N) is 1. The van der Waals surface area contributed by atoms with Gasteiger partial charge < -0.3 is 19.8 Å². The normalized spacial score (nSPS) is 10.8. The number of aromatic nitrogens is 2. The van der Waals surface area contributed by atoms with Crippen molar-refractivity contribution in [2.75, 3.05) is 11.9 Å². The van der Waals surface area contributed by atoms with Gasteiger partial charge in [-0.1, -0.05) is 102 Å². The number of anilines is 1. The molecule has 2 N–H and O–H groups in total. The molecule has 0 unspecified atom stereocenters. The maximum absolute atomic E-state index is 13.3. The van der Waals surface area contributed by atoms with Crippen molar-refractivity contribution in [2.24, 2.45) is 0 Å². The Hall–Kier alpha value is -6.35. The minimum atomic E-state index is -1.13. The fourth-order valence-electron chi connectivity index (χ4n) is 5.22. The molecule has 6 rings (SSSR count). The van der Waals surface area contributed by atoms with Gasteiger partial charge in [-0.2, -0.15) is 4.98 Å². The highest BCUT2D eigenvalue weighted by Gasteiger charge is 2.20. The van der Waals surface area contributed by atoms with E-state index in [-0.39, 0.29) is 18.9 Å². The lowest BCUT2D eigenvalue weighted by Crippen LogP contribution is -2.35. The summed E-state index contributed by atoms with van der Waals surface area (Å²) in [5, 5.41) is 16.5. The van der Waals surface area contributed by atoms with Crippen LogP contribution in [0.25, 0.3) is 34.0 Å². The van der Waals surface area contributed by atoms with Crippen LogP contribution in [-0.2, 0) is 22.6 Å². The molecule has 9 nitrogen and oxygen atoms in total. The van der Waals surface area contributed by atoms with Crippen LogP contribution in [0.5, 0.6) is 0 Å². The Kier molecular flexibility index (Phi) is 9.48. The first-order chi connectivity index (χ1) is 23.3. The van der Waals surface area contributed by atoms with Gasteiger partial charge in [-0.3, -0.25) is 14.4 Å². The number of amides is 2. The molecule has 238 valence electrons. The zero-order chi connectivity index (χ0) is 33.5. The third kappa shape index (κ3) is 7.89. The molecule has 2 amide bonds. The van der Waals surface area contributed by atoms with Crippen LogP contribution >= 0.6 is 0 Å². The maximum atomic E-state index is 13.3. The number of hydrogen-bond donors (Lipinski definition) is 2. The number of aliphatic carboxylic acids is 1. The summed E-state index contributed by atoms with van der Waals surface area (Å²) >= 11 is 0. The molecule has 0 fully saturated rings. The largest absolute Gasteiger partial charge is 0.480 e. The quantitative estimate of drug-likeness (QED) is 0.153. The number of aryl methyl sites for hydroxylation is 1. The van der Waals surface area contributed by atoms with Crippen molar-refractivity contribution >= 4 is 23.5 Å². The molecule has 0 atom stereocenters. The van der Waals surface area contributed by atoms with Crippen LogP contribution in [0.15, 0.2) is 132 Å². The number of carboxylic acid groups (broad SMARTS) is 1. The van der Waals surface area contributed by atoms with E-state index in [1.165, 1.54) is 10.5 Å². The lowest BCUT2D eigenvalue weighted by Gasteiger charge is -2.21. The third-order valence-electron chi connectivity index (χ3n) is 7.76. The van der Waals surface area contributed by atoms with E-state index in [0.717, 1.165) is 27.8 Å². The summed E-state index contributed by atoms with van der Waals surface area (Å²) in [6.45, 7) is 1.65. The molecule has 0 aliphatic carbocycles. The first-order valence-corrected chi connectivity index (χ1v) is 15.4. The average molecular weight is 637 g/mol. The van der Waals surface area contributed by atoms with Crippen molar-refractivity contribution in [1.82, 2.24) is 15.0 Å². The topological polar surface area (TPSA) is 126 Å². The molecule has 0 radical (unpaired) electrons. The molecule has 0 saturated heterocycles. The van der Waals surface area contributed by atoms with Crippen molar-refractivity contribution in [3.8, 4) is 34.0 Å². The van der Waals surface area contributed by atoms with E-state index in [1.807, 2.05) is 54.6 Å². The first kappa shape index (κ1) is 31.6. The summed E-state index contributed by atoms with van der Waals surface area (Å²) in [5.74, 6) is -0.949. The van der Waals surface area contributed by atoms with Crippen molar-refractivity contribution in [3.05, 3.63) is 150 Å². The zero-order valence-corrected chi connectivity index (χ0v) is 26.2. The fraction of sp³-hybridized carbons (Fsp3) is 0.103. The van der Waals surface area contributed by atoms with Crippen LogP contribution in [0.2, 0.25) is 0 Å². The van der Waals surface area contributed by atoms with Gasteiger partial charge in [0.05, 0.1) is 6.42 Å². The molecule has 0 aliphatic heterocycles. The number of carbonyl (C=O) groups is 3. The van der Waals surface area contributed by atoms with Crippen LogP contribution < -0.4 is 5.32 Å². The van der Waals surface area contributed by atoms with Gasteiger partial charge >= 0.3 is 5.97 Å². The first-order valence-electron chi connectivity index (χ1n) is 15.4. The summed E-state index contributed by atoms with van der Waals surface area (Å²) in [7, 11) is 0. The highest BCUT2D eigenvalue weighted by atomic mass is 16.5. The second-order valence-corrected chi connectivity index (χ2v) is 11.4. The van der Waals surface area contributed by atoms with Crippen LogP contribution in [-0.4, -0.2) is 44.5 Å². The van der Waals surface area contributed by atoms with E-state index < -0.39 is 18.4 Å². The van der Waals surface area contributed by atoms with Crippen molar-refractivity contribution in [2.45, 2.75) is 19.9 Å². The van der Waals surface area contributed by atoms with Gasteiger partial charge in [0, 0.05) is 28.9 Å². The van der Waals surface area contributed by atoms with E-state index in [4.69, 9.17) is 4.52 Å². The van der Waals surface area contributed by atoms with E-state index in [2.05, 4.69) is 46.6 Å². The Bertz CT molecular complexity index is 2020. The maximum Gasteiger partial charge on any atom is 0.323 e. The molecule has 5 aromatic carbocycles. The van der Waals surface area contributed by atoms with Gasteiger partial charge in [0.15, 0.2) is 0 Å². The number of hydrogen-bond acceptors (Lipinski definition) is 6. The number of nitrogens with zero attached hydrogens (tertiary/aromatic N) is 3. The van der Waals surface area contributed by atoms with Crippen LogP contribution in [0.3, 0.4) is 0 Å². The molecular weight excluding hydrogens is 604 g/mol. The second-order valence-electron chi connectivity index (χ2n) is 11.4. The molecule has 0 aliphatic rings. The van der Waals surface area contributed by atoms with Crippen LogP contribution in [0.4, 0.5) is 5.69 Å². The number of carboxylic acids is 1. The minimum Gasteiger partial charge on any atom is -0.480 e. The van der Waals surface area contributed by atoms with E-state index in [1.54, 1.807) is 48.5 Å². The summed E-state index contributed by atoms with van der Waals surface area (Å²) in [6.07, 6.45) is 0.226. The molecule has 48 heavy (non-hydrogen) atoms. The molecule has 9 heteroatoms. The van der Waals surface area contributed by atoms with E-state index in [0.29, 0.717) is 28.5 Å². The van der Waals surface area contributed by atoms with Crippen LogP contribution in [0, 0.1) is 6.92 Å². The average Bonchev–Trinajstić information content (AvgIpc) is 3.60. The molecule has 6 aromatic rings. The standard InChI is InChI=1S/C39H32N4O5/c1-26-7-11-29(12-8-26)30-15-17-32(18-16-30)38-41-37(42-48-38)31-13-9-28(10-14-31)24-43(25-36(45)46)39(47)33-19-21-34(22-20-33)40-35(44)23-27-5-3-2-4-6-27/h2-22H,23-25H2,1H3,(H,40,44)(H,45,46). The van der Waals surface area contributed by atoms with Gasteiger partial charge in [0.2, 0.25) is 11.7 Å². The van der Waals surface area contributed by atoms with Gasteiger partial charge in [0.1, 0.15) is 6.54 Å². The van der Waals surface area contributed by atoms with Gasteiger partial charge in [-0.15, -0.1) is 0 Å². The van der Waals surface area contributed by atoms with Gasteiger partial charge in [-0.25, -0.2) is 0 Å². The molecule has 0 saturated carbocycles. The molecule has 0 bridgehead atoms. The Morgan fingerprint density at radius 3 is 1.96 bits per heavy atom. The highest BCUT2D eigenvalue weighted by Crippen LogP contribution is 2.26. The Morgan fingerprint density at radius 2 is 1.31 bits per heavy atom. The lowest BCUT2D eigenvalue weighted by molar-refractivity contribution is -0.137. The predicted molar refractivity (Wildman–Crippen MR) is 183 cm³/mol. The highest BCUT2D eigenvalue weighted by molar-refractivity contribution is 5.97. The zero-order valence-electron chi connectivity index (χ0n) is 26.2. The lowest BCUT2D eigenvalue weighted by atomic mass is 10.0. The molecule has 1 aromatic heterocycles. The summed E-state index contributed by atoms with van der Waals surface area (Å²) in [4.78, 5) is 43.2. The molecular formula is C39H32N4O5. The summed E-state index contributed by atoms with van der Waals surface area (Å²) in [6, 6.07) is 39.2. The smallest absolute Gasteiger partial charge is 0.323 e. The Labute approximate surface area is 277 Å². The molecule has 0 spiro atoms. The van der Waals surface area contributed by atoms with Crippen molar-refractivity contribution in [3.63, 3.8) is 0 Å². The summed E-state index contributed by atoms with van der Waals surface area (Å²) in [5.41, 5.74) is 7.40. The van der Waals surface area contributed by atoms with Crippen molar-refractivity contribution < 1.29 is 24.0 Å².